The van der Waals surface area contributed by atoms with E-state index in [-0.39, 0.29) is 11.9 Å². The van der Waals surface area contributed by atoms with Gasteiger partial charge in [0.05, 0.1) is 13.1 Å². The van der Waals surface area contributed by atoms with Crippen LogP contribution in [0.1, 0.15) is 24.3 Å². The summed E-state index contributed by atoms with van der Waals surface area (Å²) in [6, 6.07) is 11.8. The number of hydrogen-bond donors (Lipinski definition) is 2. The van der Waals surface area contributed by atoms with Crippen molar-refractivity contribution in [1.82, 2.24) is 5.32 Å². The normalized spacial score (nSPS) is 13.8. The number of amides is 1. The number of thiophene rings is 1. The standard InChI is InChI=1S/C18H20N2O2S/c1-13(17-9-15-5-3-4-6-16(15)22-17)19-18(21)11-20(2)10-14-7-8-23-12-14/h3-9,12-13H,10-11H2,1-2H3,(H,19,21)/p+1/t13-/m1/s1. The Labute approximate surface area is 139 Å². The van der Waals surface area contributed by atoms with Gasteiger partial charge in [0, 0.05) is 10.9 Å². The van der Waals surface area contributed by atoms with Gasteiger partial charge in [-0.05, 0) is 35.9 Å². The van der Waals surface area contributed by atoms with Gasteiger partial charge >= 0.3 is 0 Å². The van der Waals surface area contributed by atoms with Crippen molar-refractivity contribution in [1.29, 1.82) is 0 Å². The van der Waals surface area contributed by atoms with Gasteiger partial charge in [0.15, 0.2) is 6.54 Å². The minimum Gasteiger partial charge on any atom is -0.459 e. The van der Waals surface area contributed by atoms with Crippen molar-refractivity contribution in [3.8, 4) is 0 Å². The summed E-state index contributed by atoms with van der Waals surface area (Å²) in [6.07, 6.45) is 0. The lowest BCUT2D eigenvalue weighted by molar-refractivity contribution is -0.885. The molecule has 0 saturated carbocycles. The highest BCUT2D eigenvalue weighted by molar-refractivity contribution is 7.07. The summed E-state index contributed by atoms with van der Waals surface area (Å²) in [7, 11) is 2.03. The summed E-state index contributed by atoms with van der Waals surface area (Å²) in [5, 5.41) is 8.26. The molecule has 2 heterocycles. The van der Waals surface area contributed by atoms with E-state index in [4.69, 9.17) is 4.42 Å². The maximum Gasteiger partial charge on any atom is 0.275 e. The number of benzene rings is 1. The van der Waals surface area contributed by atoms with Crippen LogP contribution in [-0.4, -0.2) is 19.5 Å². The Morgan fingerprint density at radius 2 is 2.17 bits per heavy atom. The molecule has 0 fully saturated rings. The summed E-state index contributed by atoms with van der Waals surface area (Å²) >= 11 is 1.68. The number of hydrogen-bond acceptors (Lipinski definition) is 3. The number of likely N-dealkylation sites (N-methyl/N-ethyl adjacent to an activating group) is 1. The van der Waals surface area contributed by atoms with E-state index in [1.807, 2.05) is 44.3 Å². The summed E-state index contributed by atoms with van der Waals surface area (Å²) in [4.78, 5) is 13.4. The first-order valence-electron chi connectivity index (χ1n) is 7.72. The van der Waals surface area contributed by atoms with Crippen molar-refractivity contribution in [3.63, 3.8) is 0 Å². The molecular formula is C18H21N2O2S+. The van der Waals surface area contributed by atoms with Gasteiger partial charge in [0.25, 0.3) is 5.91 Å². The largest absolute Gasteiger partial charge is 0.459 e. The summed E-state index contributed by atoms with van der Waals surface area (Å²) in [5.74, 6) is 0.820. The van der Waals surface area contributed by atoms with Crippen LogP contribution in [0.15, 0.2) is 51.6 Å². The SMILES string of the molecule is C[C@@H](NC(=O)C[NH+](C)Cc1ccsc1)c1cc2ccccc2o1. The summed E-state index contributed by atoms with van der Waals surface area (Å²) < 4.78 is 5.80. The van der Waals surface area contributed by atoms with E-state index in [1.165, 1.54) is 5.56 Å². The first-order chi connectivity index (χ1) is 11.1. The van der Waals surface area contributed by atoms with Crippen molar-refractivity contribution in [3.05, 3.63) is 58.5 Å². The van der Waals surface area contributed by atoms with Crippen LogP contribution >= 0.6 is 11.3 Å². The van der Waals surface area contributed by atoms with Crippen molar-refractivity contribution in [2.45, 2.75) is 19.5 Å². The van der Waals surface area contributed by atoms with E-state index in [2.05, 4.69) is 22.1 Å². The van der Waals surface area contributed by atoms with Crippen LogP contribution in [0.25, 0.3) is 11.0 Å². The van der Waals surface area contributed by atoms with Gasteiger partial charge in [-0.25, -0.2) is 0 Å². The lowest BCUT2D eigenvalue weighted by Crippen LogP contribution is -3.08. The third-order valence-electron chi connectivity index (χ3n) is 3.80. The fourth-order valence-corrected chi connectivity index (χ4v) is 3.33. The lowest BCUT2D eigenvalue weighted by Gasteiger charge is -2.15. The van der Waals surface area contributed by atoms with Crippen LogP contribution in [0, 0.1) is 0 Å². The Morgan fingerprint density at radius 1 is 1.35 bits per heavy atom. The Balaban J connectivity index is 1.56. The molecule has 3 aromatic rings. The van der Waals surface area contributed by atoms with E-state index in [9.17, 15) is 4.79 Å². The number of rotatable bonds is 6. The average molecular weight is 329 g/mol. The molecular weight excluding hydrogens is 308 g/mol. The molecule has 0 aliphatic carbocycles. The lowest BCUT2D eigenvalue weighted by atomic mass is 10.2. The van der Waals surface area contributed by atoms with Crippen LogP contribution in [-0.2, 0) is 11.3 Å². The zero-order valence-electron chi connectivity index (χ0n) is 13.3. The van der Waals surface area contributed by atoms with Crippen molar-refractivity contribution < 1.29 is 14.1 Å². The minimum absolute atomic E-state index is 0.0330. The predicted molar refractivity (Wildman–Crippen MR) is 92.5 cm³/mol. The second kappa shape index (κ2) is 6.98. The van der Waals surface area contributed by atoms with E-state index in [1.54, 1.807) is 11.3 Å². The van der Waals surface area contributed by atoms with Gasteiger partial charge in [0.1, 0.15) is 17.9 Å². The molecule has 0 aliphatic heterocycles. The van der Waals surface area contributed by atoms with E-state index in [0.717, 1.165) is 28.2 Å². The van der Waals surface area contributed by atoms with Crippen LogP contribution in [0.5, 0.6) is 0 Å². The third kappa shape index (κ3) is 4.00. The number of fused-ring (bicyclic) bond motifs is 1. The predicted octanol–water partition coefficient (Wildman–Crippen LogP) is 2.39. The second-order valence-corrected chi connectivity index (χ2v) is 6.70. The fraction of sp³-hybridized carbons (Fsp3) is 0.278. The van der Waals surface area contributed by atoms with Gasteiger partial charge in [0.2, 0.25) is 0 Å². The first-order valence-corrected chi connectivity index (χ1v) is 8.66. The maximum atomic E-state index is 12.2. The van der Waals surface area contributed by atoms with Crippen LogP contribution in [0.4, 0.5) is 0 Å². The zero-order valence-corrected chi connectivity index (χ0v) is 14.2. The molecule has 0 bridgehead atoms. The van der Waals surface area contributed by atoms with E-state index >= 15 is 0 Å². The molecule has 0 spiro atoms. The molecule has 4 nitrogen and oxygen atoms in total. The third-order valence-corrected chi connectivity index (χ3v) is 4.53. The molecule has 0 saturated heterocycles. The van der Waals surface area contributed by atoms with Crippen LogP contribution in [0.3, 0.4) is 0 Å². The number of furan rings is 1. The summed E-state index contributed by atoms with van der Waals surface area (Å²) in [6.45, 7) is 3.25. The smallest absolute Gasteiger partial charge is 0.275 e. The molecule has 120 valence electrons. The molecule has 2 aromatic heterocycles. The van der Waals surface area contributed by atoms with Crippen molar-refractivity contribution in [2.24, 2.45) is 0 Å². The van der Waals surface area contributed by atoms with E-state index in [0.29, 0.717) is 6.54 Å². The molecule has 2 atom stereocenters. The Morgan fingerprint density at radius 3 is 2.91 bits per heavy atom. The molecule has 1 aromatic carbocycles. The highest BCUT2D eigenvalue weighted by atomic mass is 32.1. The number of carbonyl (C=O) groups excluding carboxylic acids is 1. The number of quaternary nitrogens is 1. The van der Waals surface area contributed by atoms with Gasteiger partial charge in [-0.2, -0.15) is 11.3 Å². The zero-order chi connectivity index (χ0) is 16.2. The molecule has 2 N–H and O–H groups in total. The number of carbonyl (C=O) groups is 1. The molecule has 0 aliphatic rings. The minimum atomic E-state index is -0.135. The van der Waals surface area contributed by atoms with Gasteiger partial charge in [-0.1, -0.05) is 18.2 Å². The molecule has 1 unspecified atom stereocenters. The fourth-order valence-electron chi connectivity index (χ4n) is 2.66. The van der Waals surface area contributed by atoms with Crippen LogP contribution < -0.4 is 10.2 Å². The highest BCUT2D eigenvalue weighted by Crippen LogP contribution is 2.23. The maximum absolute atomic E-state index is 12.2. The Kier molecular flexibility index (Phi) is 4.79. The average Bonchev–Trinajstić information content (AvgIpc) is 3.15. The van der Waals surface area contributed by atoms with Crippen LogP contribution in [0.2, 0.25) is 0 Å². The van der Waals surface area contributed by atoms with Crippen molar-refractivity contribution >= 4 is 28.2 Å². The molecule has 1 amide bonds. The van der Waals surface area contributed by atoms with E-state index < -0.39 is 0 Å². The number of para-hydroxylation sites is 1. The van der Waals surface area contributed by atoms with Gasteiger partial charge < -0.3 is 14.6 Å². The quantitative estimate of drug-likeness (QED) is 0.729. The topological polar surface area (TPSA) is 46.7 Å². The highest BCUT2D eigenvalue weighted by Gasteiger charge is 2.17. The molecule has 5 heteroatoms. The van der Waals surface area contributed by atoms with Crippen molar-refractivity contribution in [2.75, 3.05) is 13.6 Å². The van der Waals surface area contributed by atoms with Gasteiger partial charge in [-0.15, -0.1) is 0 Å². The molecule has 0 radical (unpaired) electrons. The first kappa shape index (κ1) is 15.8. The number of nitrogens with one attached hydrogen (secondary N) is 2. The molecule has 23 heavy (non-hydrogen) atoms. The monoisotopic (exact) mass is 329 g/mol. The summed E-state index contributed by atoms with van der Waals surface area (Å²) in [5.41, 5.74) is 2.12. The van der Waals surface area contributed by atoms with Gasteiger partial charge in [-0.3, -0.25) is 4.79 Å². The second-order valence-electron chi connectivity index (χ2n) is 5.92. The Bertz CT molecular complexity index is 746. The molecule has 3 rings (SSSR count). The Hall–Kier alpha value is -2.11.